The normalized spacial score (nSPS) is 22.9. The van der Waals surface area contributed by atoms with Gasteiger partial charge >= 0.3 is 0 Å². The Morgan fingerprint density at radius 2 is 1.64 bits per heavy atom. The number of nitrogens with zero attached hydrogens (tertiary/aromatic N) is 5. The number of imidazole rings is 1. The van der Waals surface area contributed by atoms with Crippen LogP contribution < -0.4 is 16.4 Å². The lowest BCUT2D eigenvalue weighted by molar-refractivity contribution is 0.0718. The number of rotatable bonds is 6. The molecule has 2 aliphatic carbocycles. The van der Waals surface area contributed by atoms with Gasteiger partial charge < -0.3 is 25.8 Å². The number of fused-ring (bicyclic) bond motifs is 1. The van der Waals surface area contributed by atoms with Crippen molar-refractivity contribution in [3.05, 3.63) is 40.1 Å². The number of aromatic nitrogens is 4. The van der Waals surface area contributed by atoms with Crippen LogP contribution in [0.4, 0.5) is 11.8 Å². The molecule has 1 aliphatic heterocycles. The molecule has 208 valence electrons. The molecule has 2 saturated carbocycles. The van der Waals surface area contributed by atoms with Crippen LogP contribution in [0.1, 0.15) is 80.6 Å². The molecule has 0 unspecified atom stereocenters. The van der Waals surface area contributed by atoms with Crippen molar-refractivity contribution in [3.63, 3.8) is 0 Å². The third-order valence-corrected chi connectivity index (χ3v) is 9.08. The predicted molar refractivity (Wildman–Crippen MR) is 156 cm³/mol. The summed E-state index contributed by atoms with van der Waals surface area (Å²) in [4.78, 5) is 29.6. The van der Waals surface area contributed by atoms with Crippen molar-refractivity contribution >= 4 is 52.0 Å². The van der Waals surface area contributed by atoms with Gasteiger partial charge in [-0.3, -0.25) is 4.79 Å². The van der Waals surface area contributed by atoms with Gasteiger partial charge in [0.2, 0.25) is 5.95 Å². The van der Waals surface area contributed by atoms with Crippen LogP contribution in [-0.2, 0) is 0 Å². The standard InChI is InChI=1S/C28H36Cl2N8O/c29-17-5-10-22(23(30)15-17)27(39)37-13-11-20(12-14-37)33-25-24-26(38(16-32-24)21-3-1-2-4-21)36-28(35-25)34-19-8-6-18(31)7-9-19/h5,10,15-16,18-21H,1-4,6-9,11-14,31H2,(H2,33,34,35,36). The number of anilines is 2. The second kappa shape index (κ2) is 11.5. The lowest BCUT2D eigenvalue weighted by Crippen LogP contribution is -2.42. The summed E-state index contributed by atoms with van der Waals surface area (Å²) in [6.45, 7) is 1.27. The molecule has 6 rings (SSSR count). The van der Waals surface area contributed by atoms with Crippen LogP contribution in [0.5, 0.6) is 0 Å². The first kappa shape index (κ1) is 26.6. The van der Waals surface area contributed by atoms with E-state index in [4.69, 9.17) is 43.9 Å². The SMILES string of the molecule is NC1CCC(Nc2nc(NC3CCN(C(=O)c4ccc(Cl)cc4Cl)CC3)c3ncn(C4CCCC4)c3n2)CC1. The van der Waals surface area contributed by atoms with Gasteiger partial charge in [-0.25, -0.2) is 4.98 Å². The quantitative estimate of drug-likeness (QED) is 0.351. The molecule has 1 amide bonds. The maximum Gasteiger partial charge on any atom is 0.255 e. The summed E-state index contributed by atoms with van der Waals surface area (Å²) in [6.07, 6.45) is 12.4. The largest absolute Gasteiger partial charge is 0.365 e. The first-order chi connectivity index (χ1) is 18.9. The molecule has 3 aromatic rings. The summed E-state index contributed by atoms with van der Waals surface area (Å²) in [7, 11) is 0. The number of hydrogen-bond donors (Lipinski definition) is 3. The van der Waals surface area contributed by atoms with Crippen molar-refractivity contribution in [2.75, 3.05) is 23.7 Å². The number of nitrogens with one attached hydrogen (secondary N) is 2. The van der Waals surface area contributed by atoms with Gasteiger partial charge in [0.25, 0.3) is 5.91 Å². The van der Waals surface area contributed by atoms with E-state index in [-0.39, 0.29) is 11.9 Å². The molecule has 3 fully saturated rings. The molecule has 9 nitrogen and oxygen atoms in total. The van der Waals surface area contributed by atoms with Gasteiger partial charge in [-0.2, -0.15) is 9.97 Å². The summed E-state index contributed by atoms with van der Waals surface area (Å²) >= 11 is 12.3. The molecule has 4 N–H and O–H groups in total. The number of likely N-dealkylation sites (tertiary alicyclic amines) is 1. The zero-order chi connectivity index (χ0) is 26.9. The molecule has 0 radical (unpaired) electrons. The summed E-state index contributed by atoms with van der Waals surface area (Å²) < 4.78 is 2.24. The molecule has 11 heteroatoms. The molecule has 39 heavy (non-hydrogen) atoms. The Hall–Kier alpha value is -2.62. The average molecular weight is 572 g/mol. The summed E-state index contributed by atoms with van der Waals surface area (Å²) in [5.41, 5.74) is 8.31. The maximum atomic E-state index is 13.1. The molecule has 1 aromatic carbocycles. The highest BCUT2D eigenvalue weighted by molar-refractivity contribution is 6.36. The maximum absolute atomic E-state index is 13.1. The zero-order valence-electron chi connectivity index (χ0n) is 22.1. The Morgan fingerprint density at radius 3 is 2.36 bits per heavy atom. The van der Waals surface area contributed by atoms with Gasteiger partial charge in [-0.1, -0.05) is 36.0 Å². The highest BCUT2D eigenvalue weighted by Crippen LogP contribution is 2.34. The van der Waals surface area contributed by atoms with Gasteiger partial charge in [-0.15, -0.1) is 0 Å². The van der Waals surface area contributed by atoms with Gasteiger partial charge in [0, 0.05) is 42.3 Å². The van der Waals surface area contributed by atoms with Crippen molar-refractivity contribution < 1.29 is 4.79 Å². The summed E-state index contributed by atoms with van der Waals surface area (Å²) in [5, 5.41) is 8.16. The number of piperidine rings is 1. The van der Waals surface area contributed by atoms with Crippen LogP contribution in [0.15, 0.2) is 24.5 Å². The fourth-order valence-electron chi connectivity index (χ4n) is 6.23. The molecular formula is C28H36Cl2N8O. The number of hydrogen-bond acceptors (Lipinski definition) is 7. The number of carbonyl (C=O) groups is 1. The van der Waals surface area contributed by atoms with Crippen molar-refractivity contribution in [2.24, 2.45) is 5.73 Å². The summed E-state index contributed by atoms with van der Waals surface area (Å²) in [5.74, 6) is 1.35. The van der Waals surface area contributed by atoms with E-state index in [2.05, 4.69) is 15.2 Å². The van der Waals surface area contributed by atoms with Crippen LogP contribution >= 0.6 is 23.2 Å². The number of nitrogens with two attached hydrogens (primary N) is 1. The first-order valence-corrected chi connectivity index (χ1v) is 15.0. The monoisotopic (exact) mass is 570 g/mol. The highest BCUT2D eigenvalue weighted by atomic mass is 35.5. The minimum Gasteiger partial charge on any atom is -0.365 e. The minimum atomic E-state index is -0.0615. The van der Waals surface area contributed by atoms with Crippen LogP contribution in [-0.4, -0.2) is 61.5 Å². The number of carbonyl (C=O) groups excluding carboxylic acids is 1. The third-order valence-electron chi connectivity index (χ3n) is 8.53. The lowest BCUT2D eigenvalue weighted by Gasteiger charge is -2.33. The van der Waals surface area contributed by atoms with Crippen molar-refractivity contribution in [1.29, 1.82) is 0 Å². The minimum absolute atomic E-state index is 0.0615. The van der Waals surface area contributed by atoms with Crippen LogP contribution in [0.25, 0.3) is 11.2 Å². The molecule has 3 aliphatic rings. The fourth-order valence-corrected chi connectivity index (χ4v) is 6.72. The van der Waals surface area contributed by atoms with Gasteiger partial charge in [0.15, 0.2) is 17.0 Å². The van der Waals surface area contributed by atoms with Crippen molar-refractivity contribution in [1.82, 2.24) is 24.4 Å². The van der Waals surface area contributed by atoms with Crippen molar-refractivity contribution in [2.45, 2.75) is 88.4 Å². The predicted octanol–water partition coefficient (Wildman–Crippen LogP) is 5.65. The van der Waals surface area contributed by atoms with E-state index < -0.39 is 0 Å². The molecule has 0 atom stereocenters. The first-order valence-electron chi connectivity index (χ1n) is 14.2. The summed E-state index contributed by atoms with van der Waals surface area (Å²) in [6, 6.07) is 6.24. The van der Waals surface area contributed by atoms with E-state index in [0.29, 0.717) is 52.8 Å². The van der Waals surface area contributed by atoms with Gasteiger partial charge in [-0.05, 0) is 69.6 Å². The topological polar surface area (TPSA) is 114 Å². The molecule has 1 saturated heterocycles. The Labute approximate surface area is 238 Å². The number of benzene rings is 1. The van der Waals surface area contributed by atoms with Crippen LogP contribution in [0.2, 0.25) is 10.0 Å². The highest BCUT2D eigenvalue weighted by Gasteiger charge is 2.28. The Morgan fingerprint density at radius 1 is 0.923 bits per heavy atom. The Balaban J connectivity index is 1.19. The fraction of sp³-hybridized carbons (Fsp3) is 0.571. The van der Waals surface area contributed by atoms with E-state index in [0.717, 1.165) is 68.3 Å². The van der Waals surface area contributed by atoms with E-state index in [1.165, 1.54) is 12.8 Å². The smallest absolute Gasteiger partial charge is 0.255 e. The van der Waals surface area contributed by atoms with Crippen LogP contribution in [0.3, 0.4) is 0 Å². The second-order valence-corrected chi connectivity index (χ2v) is 12.1. The molecular weight excluding hydrogens is 535 g/mol. The molecule has 2 aromatic heterocycles. The van der Waals surface area contributed by atoms with E-state index in [1.54, 1.807) is 18.2 Å². The second-order valence-electron chi connectivity index (χ2n) is 11.2. The average Bonchev–Trinajstić information content (AvgIpc) is 3.60. The van der Waals surface area contributed by atoms with E-state index in [1.807, 2.05) is 11.2 Å². The molecule has 3 heterocycles. The number of amides is 1. The van der Waals surface area contributed by atoms with Crippen molar-refractivity contribution in [3.8, 4) is 0 Å². The van der Waals surface area contributed by atoms with E-state index in [9.17, 15) is 4.79 Å². The zero-order valence-corrected chi connectivity index (χ0v) is 23.6. The Bertz CT molecular complexity index is 1320. The molecule has 0 bridgehead atoms. The number of halogens is 2. The van der Waals surface area contributed by atoms with Crippen LogP contribution in [0, 0.1) is 0 Å². The van der Waals surface area contributed by atoms with Gasteiger partial charge in [0.1, 0.15) is 0 Å². The third kappa shape index (κ3) is 5.81. The van der Waals surface area contributed by atoms with Gasteiger partial charge in [0.05, 0.1) is 16.9 Å². The Kier molecular flexibility index (Phi) is 7.82. The lowest BCUT2D eigenvalue weighted by atomic mass is 9.92. The molecule has 0 spiro atoms. The van der Waals surface area contributed by atoms with E-state index >= 15 is 0 Å².